The van der Waals surface area contributed by atoms with E-state index in [1.54, 1.807) is 24.3 Å². The van der Waals surface area contributed by atoms with Crippen LogP contribution in [0, 0.1) is 27.7 Å². The molecule has 0 unspecified atom stereocenters. The number of rotatable bonds is 8. The lowest BCUT2D eigenvalue weighted by Gasteiger charge is -2.27. The van der Waals surface area contributed by atoms with Gasteiger partial charge in [-0.2, -0.15) is 0 Å². The van der Waals surface area contributed by atoms with E-state index in [9.17, 15) is 0 Å². The normalized spacial score (nSPS) is 11.7. The van der Waals surface area contributed by atoms with Crippen LogP contribution in [0.15, 0.2) is 121 Å². The Hall–Kier alpha value is -3.84. The Kier molecular flexibility index (Phi) is 7.86. The van der Waals surface area contributed by atoms with Crippen molar-refractivity contribution in [2.24, 2.45) is 0 Å². The topological polar surface area (TPSA) is 52.6 Å². The average molecular weight is 567 g/mol. The number of aryl methyl sites for hydroxylation is 4. The molecule has 0 bridgehead atoms. The lowest BCUT2D eigenvalue weighted by molar-refractivity contribution is 0.466. The van der Waals surface area contributed by atoms with Gasteiger partial charge in [0, 0.05) is 0 Å². The second-order valence-electron chi connectivity index (χ2n) is 9.88. The van der Waals surface area contributed by atoms with Gasteiger partial charge in [-0.1, -0.05) is 84.9 Å². The molecule has 202 valence electrons. The van der Waals surface area contributed by atoms with Crippen LogP contribution in [-0.2, 0) is 9.13 Å². The van der Waals surface area contributed by atoms with Gasteiger partial charge in [-0.05, 0) is 86.3 Å². The molecule has 0 spiro atoms. The van der Waals surface area contributed by atoms with Crippen LogP contribution in [0.4, 0.5) is 0 Å². The monoisotopic (exact) mass is 566 g/mol. The van der Waals surface area contributed by atoms with Crippen LogP contribution in [0.25, 0.3) is 0 Å². The summed E-state index contributed by atoms with van der Waals surface area (Å²) in [7, 11) is -7.29. The van der Waals surface area contributed by atoms with Crippen LogP contribution < -0.4 is 30.3 Å². The van der Waals surface area contributed by atoms with Crippen molar-refractivity contribution >= 4 is 36.0 Å². The fourth-order valence-corrected chi connectivity index (χ4v) is 9.96. The summed E-state index contributed by atoms with van der Waals surface area (Å²) in [5.74, 6) is 0.527. The van der Waals surface area contributed by atoms with Crippen molar-refractivity contribution in [2.75, 3.05) is 0 Å². The highest BCUT2D eigenvalue weighted by atomic mass is 31.2. The maximum atomic E-state index is 15.0. The molecule has 0 N–H and O–H groups in total. The summed E-state index contributed by atoms with van der Waals surface area (Å²) in [6, 6.07) is 37.3. The molecule has 5 aromatic rings. The SMILES string of the molecule is Cc1ccccc1P(=O)(Oc1ccccc1OP(=O)(c1ccccc1C)c1ccccc1C)c1ccccc1C. The molecule has 0 aliphatic heterocycles. The summed E-state index contributed by atoms with van der Waals surface area (Å²) < 4.78 is 43.2. The van der Waals surface area contributed by atoms with E-state index in [1.165, 1.54) is 0 Å². The Morgan fingerprint density at radius 3 is 0.850 bits per heavy atom. The first-order chi connectivity index (χ1) is 19.2. The quantitative estimate of drug-likeness (QED) is 0.182. The van der Waals surface area contributed by atoms with E-state index in [4.69, 9.17) is 9.05 Å². The third-order valence-electron chi connectivity index (χ3n) is 7.03. The van der Waals surface area contributed by atoms with Gasteiger partial charge in [-0.3, -0.25) is 9.13 Å². The second kappa shape index (κ2) is 11.3. The van der Waals surface area contributed by atoms with Crippen molar-refractivity contribution in [3.8, 4) is 11.5 Å². The van der Waals surface area contributed by atoms with E-state index >= 15 is 9.13 Å². The smallest absolute Gasteiger partial charge is 0.307 e. The van der Waals surface area contributed by atoms with Crippen molar-refractivity contribution in [3.05, 3.63) is 144 Å². The minimum absolute atomic E-state index is 0.264. The first kappa shape index (κ1) is 27.7. The summed E-state index contributed by atoms with van der Waals surface area (Å²) >= 11 is 0. The molecule has 0 aliphatic rings. The molecule has 0 aliphatic carbocycles. The lowest BCUT2D eigenvalue weighted by Crippen LogP contribution is -2.25. The van der Waals surface area contributed by atoms with Crippen molar-refractivity contribution in [1.82, 2.24) is 0 Å². The van der Waals surface area contributed by atoms with Crippen LogP contribution in [0.3, 0.4) is 0 Å². The van der Waals surface area contributed by atoms with E-state index < -0.39 is 14.7 Å². The van der Waals surface area contributed by atoms with Gasteiger partial charge < -0.3 is 9.05 Å². The van der Waals surface area contributed by atoms with E-state index in [0.717, 1.165) is 22.3 Å². The molecule has 0 heterocycles. The van der Waals surface area contributed by atoms with Gasteiger partial charge in [-0.25, -0.2) is 0 Å². The summed E-state index contributed by atoms with van der Waals surface area (Å²) in [5, 5.41) is 2.44. The third-order valence-corrected chi connectivity index (χ3v) is 12.5. The fraction of sp³-hybridized carbons (Fsp3) is 0.118. The lowest BCUT2D eigenvalue weighted by atomic mass is 10.2. The largest absolute Gasteiger partial charge is 0.433 e. The maximum Gasteiger partial charge on any atom is 0.307 e. The standard InChI is InChI=1S/C34H32O4P2/c1-25-15-5-11-21-31(25)39(35,32-22-12-6-16-26(32)2)37-29-19-9-10-20-30(29)38-40(36,33-23-13-7-17-27(33)3)34-24-14-8-18-28(34)4/h5-24H,1-4H3. The molecule has 0 saturated heterocycles. The Balaban J connectivity index is 1.68. The van der Waals surface area contributed by atoms with E-state index in [2.05, 4.69) is 0 Å². The van der Waals surface area contributed by atoms with Crippen molar-refractivity contribution < 1.29 is 18.2 Å². The highest BCUT2D eigenvalue weighted by Crippen LogP contribution is 2.53. The second-order valence-corrected chi connectivity index (χ2v) is 14.4. The van der Waals surface area contributed by atoms with Crippen molar-refractivity contribution in [1.29, 1.82) is 0 Å². The van der Waals surface area contributed by atoms with Gasteiger partial charge in [0.25, 0.3) is 0 Å². The molecule has 5 aromatic carbocycles. The number of hydrogen-bond acceptors (Lipinski definition) is 4. The number of benzene rings is 5. The first-order valence-corrected chi connectivity index (χ1v) is 16.4. The van der Waals surface area contributed by atoms with Crippen LogP contribution in [0.5, 0.6) is 11.5 Å². The van der Waals surface area contributed by atoms with Crippen LogP contribution in [0.2, 0.25) is 0 Å². The molecule has 6 heteroatoms. The maximum absolute atomic E-state index is 15.0. The molecule has 40 heavy (non-hydrogen) atoms. The van der Waals surface area contributed by atoms with E-state index in [0.29, 0.717) is 21.2 Å². The summed E-state index contributed by atoms with van der Waals surface area (Å²) in [4.78, 5) is 0. The zero-order valence-corrected chi connectivity index (χ0v) is 24.9. The van der Waals surface area contributed by atoms with Crippen molar-refractivity contribution in [3.63, 3.8) is 0 Å². The fourth-order valence-electron chi connectivity index (χ4n) is 4.91. The van der Waals surface area contributed by atoms with Crippen molar-refractivity contribution in [2.45, 2.75) is 27.7 Å². The Labute approximate surface area is 236 Å². The highest BCUT2D eigenvalue weighted by Gasteiger charge is 2.37. The van der Waals surface area contributed by atoms with Crippen LogP contribution in [0.1, 0.15) is 22.3 Å². The minimum atomic E-state index is -3.65. The average Bonchev–Trinajstić information content (AvgIpc) is 2.95. The molecular formula is C34H32O4P2. The zero-order chi connectivity index (χ0) is 28.3. The first-order valence-electron chi connectivity index (χ1n) is 13.2. The van der Waals surface area contributed by atoms with Crippen LogP contribution >= 0.6 is 14.7 Å². The minimum Gasteiger partial charge on any atom is -0.433 e. The molecular weight excluding hydrogens is 534 g/mol. The van der Waals surface area contributed by atoms with E-state index in [1.807, 2.05) is 125 Å². The molecule has 0 radical (unpaired) electrons. The van der Waals surface area contributed by atoms with E-state index in [-0.39, 0.29) is 11.5 Å². The predicted molar refractivity (Wildman–Crippen MR) is 166 cm³/mol. The van der Waals surface area contributed by atoms with Gasteiger partial charge in [0.1, 0.15) is 0 Å². The zero-order valence-electron chi connectivity index (χ0n) is 23.1. The number of hydrogen-bond donors (Lipinski definition) is 0. The van der Waals surface area contributed by atoms with Gasteiger partial charge in [0.2, 0.25) is 0 Å². The molecule has 0 saturated carbocycles. The molecule has 4 nitrogen and oxygen atoms in total. The molecule has 0 fully saturated rings. The predicted octanol–water partition coefficient (Wildman–Crippen LogP) is 7.54. The summed E-state index contributed by atoms with van der Waals surface area (Å²) in [6.45, 7) is 7.71. The summed E-state index contributed by atoms with van der Waals surface area (Å²) in [6.07, 6.45) is 0. The van der Waals surface area contributed by atoms with Gasteiger partial charge in [0.15, 0.2) is 11.5 Å². The van der Waals surface area contributed by atoms with Gasteiger partial charge in [0.05, 0.1) is 21.2 Å². The molecule has 5 rings (SSSR count). The highest BCUT2D eigenvalue weighted by molar-refractivity contribution is 7.75. The number of para-hydroxylation sites is 2. The molecule has 0 aromatic heterocycles. The molecule has 0 amide bonds. The van der Waals surface area contributed by atoms with Crippen LogP contribution in [-0.4, -0.2) is 0 Å². The summed E-state index contributed by atoms with van der Waals surface area (Å²) in [5.41, 5.74) is 3.44. The molecule has 0 atom stereocenters. The Bertz CT molecular complexity index is 1550. The van der Waals surface area contributed by atoms with Gasteiger partial charge in [-0.15, -0.1) is 0 Å². The third kappa shape index (κ3) is 5.18. The Morgan fingerprint density at radius 1 is 0.375 bits per heavy atom. The Morgan fingerprint density at radius 2 is 0.600 bits per heavy atom. The van der Waals surface area contributed by atoms with Gasteiger partial charge >= 0.3 is 14.7 Å².